The van der Waals surface area contributed by atoms with E-state index in [1.165, 1.54) is 12.1 Å². The third-order valence-electron chi connectivity index (χ3n) is 2.58. The quantitative estimate of drug-likeness (QED) is 0.663. The molecule has 19 heavy (non-hydrogen) atoms. The van der Waals surface area contributed by atoms with Gasteiger partial charge in [-0.15, -0.1) is 11.6 Å². The summed E-state index contributed by atoms with van der Waals surface area (Å²) in [5.41, 5.74) is 1.69. The summed E-state index contributed by atoms with van der Waals surface area (Å²) in [6, 6.07) is 11.4. The normalized spacial score (nSPS) is 10.2. The van der Waals surface area contributed by atoms with Crippen molar-refractivity contribution in [3.8, 4) is 5.75 Å². The Kier molecular flexibility index (Phi) is 4.30. The number of amides is 1. The maximum absolute atomic E-state index is 12.0. The van der Waals surface area contributed by atoms with Crippen molar-refractivity contribution in [2.75, 3.05) is 5.32 Å². The van der Waals surface area contributed by atoms with Crippen LogP contribution in [0, 0.1) is 0 Å². The van der Waals surface area contributed by atoms with E-state index < -0.39 is 0 Å². The Bertz CT molecular complexity index is 597. The molecule has 0 saturated carbocycles. The van der Waals surface area contributed by atoms with Crippen molar-refractivity contribution in [3.63, 3.8) is 0 Å². The number of carbonyl (C=O) groups excluding carboxylic acids is 1. The highest BCUT2D eigenvalue weighted by atomic mass is 35.5. The number of aromatic hydroxyl groups is 1. The lowest BCUT2D eigenvalue weighted by atomic mass is 10.1. The fourth-order valence-electron chi connectivity index (χ4n) is 1.55. The molecule has 0 aliphatic heterocycles. The fraction of sp³-hybridized carbons (Fsp3) is 0.0714. The maximum atomic E-state index is 12.0. The van der Waals surface area contributed by atoms with Gasteiger partial charge in [0.1, 0.15) is 5.75 Å². The summed E-state index contributed by atoms with van der Waals surface area (Å²) >= 11 is 11.5. The van der Waals surface area contributed by atoms with Crippen LogP contribution in [0.4, 0.5) is 5.69 Å². The maximum Gasteiger partial charge on any atom is 0.255 e. The highest BCUT2D eigenvalue weighted by molar-refractivity contribution is 6.31. The molecular weight excluding hydrogens is 285 g/mol. The van der Waals surface area contributed by atoms with E-state index in [9.17, 15) is 9.90 Å². The number of alkyl halides is 1. The average molecular weight is 296 g/mol. The molecule has 98 valence electrons. The van der Waals surface area contributed by atoms with Gasteiger partial charge in [0.15, 0.2) is 0 Å². The van der Waals surface area contributed by atoms with Gasteiger partial charge in [-0.2, -0.15) is 0 Å². The second kappa shape index (κ2) is 5.95. The van der Waals surface area contributed by atoms with Crippen molar-refractivity contribution in [1.29, 1.82) is 0 Å². The Labute approximate surface area is 120 Å². The van der Waals surface area contributed by atoms with Gasteiger partial charge in [0.05, 0.1) is 5.69 Å². The van der Waals surface area contributed by atoms with Crippen molar-refractivity contribution in [2.24, 2.45) is 0 Å². The van der Waals surface area contributed by atoms with E-state index >= 15 is 0 Å². The van der Waals surface area contributed by atoms with Crippen LogP contribution in [0.2, 0.25) is 5.02 Å². The summed E-state index contributed by atoms with van der Waals surface area (Å²) in [6.07, 6.45) is 0. The molecule has 0 heterocycles. The Hall–Kier alpha value is -1.71. The highest BCUT2D eigenvalue weighted by Gasteiger charge is 2.09. The van der Waals surface area contributed by atoms with Gasteiger partial charge >= 0.3 is 0 Å². The van der Waals surface area contributed by atoms with E-state index in [4.69, 9.17) is 23.2 Å². The lowest BCUT2D eigenvalue weighted by Crippen LogP contribution is -2.11. The third-order valence-corrected chi connectivity index (χ3v) is 3.12. The monoisotopic (exact) mass is 295 g/mol. The number of benzene rings is 2. The molecule has 0 fully saturated rings. The first kappa shape index (κ1) is 13.7. The molecule has 0 aliphatic carbocycles. The zero-order valence-electron chi connectivity index (χ0n) is 9.86. The zero-order chi connectivity index (χ0) is 13.8. The van der Waals surface area contributed by atoms with Crippen molar-refractivity contribution < 1.29 is 9.90 Å². The van der Waals surface area contributed by atoms with Crippen molar-refractivity contribution in [2.45, 2.75) is 5.88 Å². The summed E-state index contributed by atoms with van der Waals surface area (Å²) in [5.74, 6) is 0.0468. The molecule has 1 amide bonds. The molecule has 0 atom stereocenters. The molecule has 0 radical (unpaired) electrons. The van der Waals surface area contributed by atoms with Gasteiger partial charge in [-0.3, -0.25) is 4.79 Å². The van der Waals surface area contributed by atoms with Gasteiger partial charge in [-0.1, -0.05) is 23.7 Å². The van der Waals surface area contributed by atoms with E-state index in [0.29, 0.717) is 16.5 Å². The Morgan fingerprint density at radius 1 is 1.16 bits per heavy atom. The SMILES string of the molecule is O=C(Nc1cc(Cl)ccc1O)c1ccc(CCl)cc1. The molecule has 0 saturated heterocycles. The molecule has 2 rings (SSSR count). The van der Waals surface area contributed by atoms with E-state index in [1.807, 2.05) is 0 Å². The van der Waals surface area contributed by atoms with Gasteiger partial charge in [-0.25, -0.2) is 0 Å². The smallest absolute Gasteiger partial charge is 0.255 e. The molecule has 5 heteroatoms. The number of hydrogen-bond acceptors (Lipinski definition) is 2. The second-order valence-corrected chi connectivity index (χ2v) is 4.65. The van der Waals surface area contributed by atoms with Crippen LogP contribution in [-0.2, 0) is 5.88 Å². The molecular formula is C14H11Cl2NO2. The van der Waals surface area contributed by atoms with Crippen LogP contribution in [0.25, 0.3) is 0 Å². The Morgan fingerprint density at radius 3 is 2.47 bits per heavy atom. The predicted molar refractivity (Wildman–Crippen MR) is 77.1 cm³/mol. The first-order chi connectivity index (χ1) is 9.10. The van der Waals surface area contributed by atoms with Gasteiger partial charge < -0.3 is 10.4 Å². The van der Waals surface area contributed by atoms with E-state index in [2.05, 4.69) is 5.32 Å². The number of phenols is 1. The Balaban J connectivity index is 2.18. The van der Waals surface area contributed by atoms with Gasteiger partial charge in [0.2, 0.25) is 0 Å². The molecule has 2 aromatic carbocycles. The van der Waals surface area contributed by atoms with Crippen LogP contribution in [0.5, 0.6) is 5.75 Å². The van der Waals surface area contributed by atoms with Crippen LogP contribution < -0.4 is 5.32 Å². The molecule has 0 unspecified atom stereocenters. The summed E-state index contributed by atoms with van der Waals surface area (Å²) < 4.78 is 0. The number of phenolic OH excluding ortho intramolecular Hbond substituents is 1. The minimum absolute atomic E-state index is 0.0323. The third kappa shape index (κ3) is 3.40. The number of anilines is 1. The lowest BCUT2D eigenvalue weighted by Gasteiger charge is -2.08. The molecule has 3 nitrogen and oxygen atoms in total. The van der Waals surface area contributed by atoms with Crippen molar-refractivity contribution in [1.82, 2.24) is 0 Å². The molecule has 0 spiro atoms. The molecule has 0 aromatic heterocycles. The number of nitrogens with one attached hydrogen (secondary N) is 1. The van der Waals surface area contributed by atoms with Gasteiger partial charge in [0.25, 0.3) is 5.91 Å². The largest absolute Gasteiger partial charge is 0.506 e. The zero-order valence-corrected chi connectivity index (χ0v) is 11.4. The van der Waals surface area contributed by atoms with Crippen LogP contribution in [0.1, 0.15) is 15.9 Å². The van der Waals surface area contributed by atoms with Crippen LogP contribution in [-0.4, -0.2) is 11.0 Å². The summed E-state index contributed by atoms with van der Waals surface area (Å²) in [6.45, 7) is 0. The van der Waals surface area contributed by atoms with Crippen LogP contribution >= 0.6 is 23.2 Å². The molecule has 2 aromatic rings. The van der Waals surface area contributed by atoms with E-state index in [1.54, 1.807) is 30.3 Å². The van der Waals surface area contributed by atoms with Gasteiger partial charge in [-0.05, 0) is 35.9 Å². The number of rotatable bonds is 3. The van der Waals surface area contributed by atoms with E-state index in [0.717, 1.165) is 5.56 Å². The number of carbonyl (C=O) groups is 1. The topological polar surface area (TPSA) is 49.3 Å². The van der Waals surface area contributed by atoms with Crippen molar-refractivity contribution in [3.05, 3.63) is 58.6 Å². The minimum atomic E-state index is -0.321. The predicted octanol–water partition coefficient (Wildman–Crippen LogP) is 4.04. The minimum Gasteiger partial charge on any atom is -0.506 e. The van der Waals surface area contributed by atoms with E-state index in [-0.39, 0.29) is 17.3 Å². The molecule has 0 aliphatic rings. The lowest BCUT2D eigenvalue weighted by molar-refractivity contribution is 0.102. The number of hydrogen-bond donors (Lipinski definition) is 2. The second-order valence-electron chi connectivity index (χ2n) is 3.95. The summed E-state index contributed by atoms with van der Waals surface area (Å²) in [4.78, 5) is 12.0. The first-order valence-corrected chi connectivity index (χ1v) is 6.46. The standard InChI is InChI=1S/C14H11Cl2NO2/c15-8-9-1-3-10(4-2-9)14(19)17-12-7-11(16)5-6-13(12)18/h1-7,18H,8H2,(H,17,19). The first-order valence-electron chi connectivity index (χ1n) is 5.55. The highest BCUT2D eigenvalue weighted by Crippen LogP contribution is 2.27. The number of halogens is 2. The van der Waals surface area contributed by atoms with Crippen LogP contribution in [0.15, 0.2) is 42.5 Å². The fourth-order valence-corrected chi connectivity index (χ4v) is 1.90. The van der Waals surface area contributed by atoms with Gasteiger partial charge in [0, 0.05) is 16.5 Å². The Morgan fingerprint density at radius 2 is 1.84 bits per heavy atom. The molecule has 2 N–H and O–H groups in total. The van der Waals surface area contributed by atoms with Crippen LogP contribution in [0.3, 0.4) is 0 Å². The van der Waals surface area contributed by atoms with Crippen molar-refractivity contribution >= 4 is 34.8 Å². The molecule has 0 bridgehead atoms. The summed E-state index contributed by atoms with van der Waals surface area (Å²) in [5, 5.41) is 12.7. The summed E-state index contributed by atoms with van der Waals surface area (Å²) in [7, 11) is 0. The average Bonchev–Trinajstić information content (AvgIpc) is 2.43.